The number of hydrogen-bond acceptors (Lipinski definition) is 4. The van der Waals surface area contributed by atoms with E-state index in [0.717, 1.165) is 21.3 Å². The number of nitrogens with one attached hydrogen (secondary N) is 1. The van der Waals surface area contributed by atoms with Crippen molar-refractivity contribution in [3.8, 4) is 22.8 Å². The number of aromatic nitrogens is 3. The molecule has 0 radical (unpaired) electrons. The molecule has 0 aliphatic carbocycles. The van der Waals surface area contributed by atoms with Crippen LogP contribution in [0.3, 0.4) is 0 Å². The van der Waals surface area contributed by atoms with Crippen molar-refractivity contribution >= 4 is 27.5 Å². The summed E-state index contributed by atoms with van der Waals surface area (Å²) in [5.41, 5.74) is 4.57. The molecule has 156 valence electrons. The largest absolute Gasteiger partial charge is 0.495 e. The van der Waals surface area contributed by atoms with Crippen LogP contribution in [0, 0.1) is 13.8 Å². The molecule has 6 nitrogen and oxygen atoms in total. The van der Waals surface area contributed by atoms with Gasteiger partial charge in [-0.25, -0.2) is 9.67 Å². The number of amides is 1. The van der Waals surface area contributed by atoms with Crippen LogP contribution in [0.5, 0.6) is 5.75 Å². The first-order valence-electron chi connectivity index (χ1n) is 9.71. The third-order valence-corrected chi connectivity index (χ3v) is 5.53. The molecule has 1 amide bonds. The molecule has 31 heavy (non-hydrogen) atoms. The lowest BCUT2D eigenvalue weighted by Crippen LogP contribution is -2.15. The lowest BCUT2D eigenvalue weighted by Gasteiger charge is -2.08. The highest BCUT2D eigenvalue weighted by Gasteiger charge is 2.20. The zero-order valence-electron chi connectivity index (χ0n) is 17.4. The quantitative estimate of drug-likeness (QED) is 0.408. The van der Waals surface area contributed by atoms with E-state index < -0.39 is 5.91 Å². The molecular weight excluding hydrogens is 456 g/mol. The second-order valence-electron chi connectivity index (χ2n) is 7.10. The van der Waals surface area contributed by atoms with Crippen molar-refractivity contribution in [2.75, 3.05) is 12.4 Å². The van der Waals surface area contributed by atoms with Gasteiger partial charge in [-0.05, 0) is 61.4 Å². The van der Waals surface area contributed by atoms with Crippen LogP contribution in [-0.2, 0) is 0 Å². The fourth-order valence-electron chi connectivity index (χ4n) is 3.16. The Morgan fingerprint density at radius 2 is 1.74 bits per heavy atom. The summed E-state index contributed by atoms with van der Waals surface area (Å²) in [6.45, 7) is 4.10. The first-order valence-corrected chi connectivity index (χ1v) is 10.5. The number of carbonyl (C=O) groups is 1. The van der Waals surface area contributed by atoms with Crippen molar-refractivity contribution in [3.05, 3.63) is 88.2 Å². The van der Waals surface area contributed by atoms with Crippen LogP contribution in [-0.4, -0.2) is 27.8 Å². The van der Waals surface area contributed by atoms with Gasteiger partial charge in [-0.2, -0.15) is 0 Å². The number of para-hydroxylation sites is 2. The van der Waals surface area contributed by atoms with Crippen LogP contribution in [0.1, 0.15) is 21.7 Å². The monoisotopic (exact) mass is 476 g/mol. The van der Waals surface area contributed by atoms with Gasteiger partial charge in [0.05, 0.1) is 18.5 Å². The average Bonchev–Trinajstić information content (AvgIpc) is 3.22. The Labute approximate surface area is 189 Å². The van der Waals surface area contributed by atoms with Crippen LogP contribution < -0.4 is 10.1 Å². The summed E-state index contributed by atoms with van der Waals surface area (Å²) in [6, 6.07) is 21.0. The fourth-order valence-corrected chi connectivity index (χ4v) is 3.42. The molecule has 0 atom stereocenters. The molecule has 0 saturated heterocycles. The van der Waals surface area contributed by atoms with Crippen LogP contribution in [0.15, 0.2) is 71.2 Å². The molecule has 3 aromatic carbocycles. The van der Waals surface area contributed by atoms with Gasteiger partial charge in [0, 0.05) is 10.0 Å². The van der Waals surface area contributed by atoms with E-state index in [2.05, 4.69) is 38.3 Å². The maximum atomic E-state index is 13.0. The van der Waals surface area contributed by atoms with Gasteiger partial charge in [0.1, 0.15) is 5.75 Å². The molecule has 0 bridgehead atoms. The van der Waals surface area contributed by atoms with Gasteiger partial charge < -0.3 is 10.1 Å². The van der Waals surface area contributed by atoms with Gasteiger partial charge in [0.25, 0.3) is 5.91 Å². The summed E-state index contributed by atoms with van der Waals surface area (Å²) in [4.78, 5) is 17.5. The standard InChI is InChI=1S/C24H21BrN4O2/c1-15-8-13-19(14-16(15)2)29-23(17-9-11-18(25)12-10-17)27-22(28-29)24(30)26-20-6-4-5-7-21(20)31-3/h4-14H,1-3H3,(H,26,30). The predicted octanol–water partition coefficient (Wildman–Crippen LogP) is 5.57. The SMILES string of the molecule is COc1ccccc1NC(=O)c1nc(-c2ccc(Br)cc2)n(-c2ccc(C)c(C)c2)n1. The number of hydrogen-bond donors (Lipinski definition) is 1. The summed E-state index contributed by atoms with van der Waals surface area (Å²) in [5.74, 6) is 0.811. The molecule has 7 heteroatoms. The number of nitrogens with zero attached hydrogens (tertiary/aromatic N) is 3. The van der Waals surface area contributed by atoms with E-state index >= 15 is 0 Å². The van der Waals surface area contributed by atoms with E-state index in [1.165, 1.54) is 5.56 Å². The molecule has 1 N–H and O–H groups in total. The van der Waals surface area contributed by atoms with E-state index in [1.807, 2.05) is 61.5 Å². The van der Waals surface area contributed by atoms with Crippen molar-refractivity contribution < 1.29 is 9.53 Å². The highest BCUT2D eigenvalue weighted by molar-refractivity contribution is 9.10. The Hall–Kier alpha value is -3.45. The Morgan fingerprint density at radius 3 is 2.45 bits per heavy atom. The van der Waals surface area contributed by atoms with Crippen molar-refractivity contribution in [2.45, 2.75) is 13.8 Å². The predicted molar refractivity (Wildman–Crippen MR) is 125 cm³/mol. The third-order valence-electron chi connectivity index (χ3n) is 5.00. The Balaban J connectivity index is 1.78. The molecule has 1 aromatic heterocycles. The Kier molecular flexibility index (Phi) is 5.86. The van der Waals surface area contributed by atoms with Crippen LogP contribution in [0.2, 0.25) is 0 Å². The maximum Gasteiger partial charge on any atom is 0.295 e. The minimum Gasteiger partial charge on any atom is -0.495 e. The van der Waals surface area contributed by atoms with Crippen molar-refractivity contribution in [1.29, 1.82) is 0 Å². The number of benzene rings is 3. The normalized spacial score (nSPS) is 10.7. The van der Waals surface area contributed by atoms with Crippen LogP contribution in [0.25, 0.3) is 17.1 Å². The zero-order valence-corrected chi connectivity index (χ0v) is 19.0. The summed E-state index contributed by atoms with van der Waals surface area (Å²) in [7, 11) is 1.56. The summed E-state index contributed by atoms with van der Waals surface area (Å²) < 4.78 is 7.98. The molecule has 1 heterocycles. The van der Waals surface area contributed by atoms with Gasteiger partial charge in [-0.1, -0.05) is 46.3 Å². The van der Waals surface area contributed by atoms with E-state index in [4.69, 9.17) is 4.74 Å². The minimum atomic E-state index is -0.412. The molecule has 0 spiro atoms. The van der Waals surface area contributed by atoms with Gasteiger partial charge in [0.15, 0.2) is 5.82 Å². The van der Waals surface area contributed by atoms with E-state index in [0.29, 0.717) is 17.3 Å². The number of methoxy groups -OCH3 is 1. The second kappa shape index (κ2) is 8.73. The van der Waals surface area contributed by atoms with Crippen molar-refractivity contribution in [3.63, 3.8) is 0 Å². The highest BCUT2D eigenvalue weighted by Crippen LogP contribution is 2.26. The molecule has 4 rings (SSSR count). The van der Waals surface area contributed by atoms with Crippen LogP contribution in [0.4, 0.5) is 5.69 Å². The molecule has 0 fully saturated rings. The number of halogens is 1. The molecule has 0 unspecified atom stereocenters. The molecule has 0 saturated carbocycles. The van der Waals surface area contributed by atoms with E-state index in [1.54, 1.807) is 23.9 Å². The van der Waals surface area contributed by atoms with Gasteiger partial charge >= 0.3 is 0 Å². The topological polar surface area (TPSA) is 69.0 Å². The van der Waals surface area contributed by atoms with Gasteiger partial charge in [0.2, 0.25) is 5.82 Å². The second-order valence-corrected chi connectivity index (χ2v) is 8.02. The molecule has 4 aromatic rings. The van der Waals surface area contributed by atoms with E-state index in [-0.39, 0.29) is 5.82 Å². The Bertz CT molecular complexity index is 1250. The number of ether oxygens (including phenoxy) is 1. The van der Waals surface area contributed by atoms with Crippen molar-refractivity contribution in [2.24, 2.45) is 0 Å². The number of aryl methyl sites for hydroxylation is 2. The first-order chi connectivity index (χ1) is 15.0. The smallest absolute Gasteiger partial charge is 0.295 e. The lowest BCUT2D eigenvalue weighted by molar-refractivity contribution is 0.101. The lowest BCUT2D eigenvalue weighted by atomic mass is 10.1. The summed E-state index contributed by atoms with van der Waals surface area (Å²) >= 11 is 3.46. The zero-order chi connectivity index (χ0) is 22.0. The number of anilines is 1. The molecule has 0 aliphatic rings. The Morgan fingerprint density at radius 1 is 1.00 bits per heavy atom. The number of carbonyl (C=O) groups excluding carboxylic acids is 1. The minimum absolute atomic E-state index is 0.0713. The molecule has 0 aliphatic heterocycles. The maximum absolute atomic E-state index is 13.0. The van der Waals surface area contributed by atoms with Gasteiger partial charge in [-0.3, -0.25) is 4.79 Å². The summed E-state index contributed by atoms with van der Waals surface area (Å²) in [6.07, 6.45) is 0. The summed E-state index contributed by atoms with van der Waals surface area (Å²) in [5, 5.41) is 7.38. The van der Waals surface area contributed by atoms with Gasteiger partial charge in [-0.15, -0.1) is 5.10 Å². The first kappa shape index (κ1) is 20.8. The highest BCUT2D eigenvalue weighted by atomic mass is 79.9. The average molecular weight is 477 g/mol. The number of rotatable bonds is 5. The van der Waals surface area contributed by atoms with Crippen LogP contribution >= 0.6 is 15.9 Å². The molecular formula is C24H21BrN4O2. The third kappa shape index (κ3) is 4.36. The van der Waals surface area contributed by atoms with Crippen molar-refractivity contribution in [1.82, 2.24) is 14.8 Å². The van der Waals surface area contributed by atoms with E-state index in [9.17, 15) is 4.79 Å². The fraction of sp³-hybridized carbons (Fsp3) is 0.125.